The van der Waals surface area contributed by atoms with Gasteiger partial charge < -0.3 is 4.74 Å². The van der Waals surface area contributed by atoms with Crippen molar-refractivity contribution in [1.82, 2.24) is 9.38 Å². The highest BCUT2D eigenvalue weighted by Crippen LogP contribution is 2.32. The second kappa shape index (κ2) is 7.66. The standard InChI is InChI=1S/C23H18N2OS.ClH/c1-2-26-19-12-13-21-22(14-19)27-23-24-20(15-25(21)23)18-10-8-17(9-11-18)16-6-4-3-5-7-16;/h3-15H,2H2,1H3;1H. The molecule has 0 saturated carbocycles. The van der Waals surface area contributed by atoms with E-state index in [1.54, 1.807) is 11.3 Å². The van der Waals surface area contributed by atoms with Gasteiger partial charge in [0.15, 0.2) is 4.96 Å². The smallest absolute Gasteiger partial charge is 0.195 e. The van der Waals surface area contributed by atoms with Gasteiger partial charge in [0.05, 0.1) is 22.5 Å². The topological polar surface area (TPSA) is 26.5 Å². The maximum Gasteiger partial charge on any atom is 0.195 e. The molecule has 3 aromatic carbocycles. The van der Waals surface area contributed by atoms with Crippen LogP contribution in [0.3, 0.4) is 0 Å². The van der Waals surface area contributed by atoms with Crippen molar-refractivity contribution >= 4 is 38.9 Å². The molecular weight excluding hydrogens is 388 g/mol. The van der Waals surface area contributed by atoms with E-state index in [1.807, 2.05) is 19.1 Å². The molecule has 2 heterocycles. The van der Waals surface area contributed by atoms with Crippen molar-refractivity contribution in [3.63, 3.8) is 0 Å². The van der Waals surface area contributed by atoms with Crippen molar-refractivity contribution in [2.75, 3.05) is 6.61 Å². The molecule has 0 radical (unpaired) electrons. The fraction of sp³-hybridized carbons (Fsp3) is 0.0870. The molecule has 5 aromatic rings. The van der Waals surface area contributed by atoms with Gasteiger partial charge in [-0.3, -0.25) is 4.40 Å². The van der Waals surface area contributed by atoms with Gasteiger partial charge in [0.2, 0.25) is 0 Å². The molecule has 0 fully saturated rings. The lowest BCUT2D eigenvalue weighted by molar-refractivity contribution is 0.341. The summed E-state index contributed by atoms with van der Waals surface area (Å²) in [5.41, 5.74) is 5.74. The molecule has 5 heteroatoms. The summed E-state index contributed by atoms with van der Waals surface area (Å²) in [4.78, 5) is 5.84. The second-order valence-corrected chi connectivity index (χ2v) is 7.40. The first kappa shape index (κ1) is 18.5. The van der Waals surface area contributed by atoms with Crippen LogP contribution in [-0.2, 0) is 0 Å². The highest BCUT2D eigenvalue weighted by Gasteiger charge is 2.11. The van der Waals surface area contributed by atoms with Crippen LogP contribution in [-0.4, -0.2) is 16.0 Å². The molecule has 0 N–H and O–H groups in total. The van der Waals surface area contributed by atoms with Crippen molar-refractivity contribution in [1.29, 1.82) is 0 Å². The molecule has 2 aromatic heterocycles. The molecule has 3 nitrogen and oxygen atoms in total. The number of benzene rings is 3. The molecule has 0 saturated heterocycles. The van der Waals surface area contributed by atoms with E-state index in [9.17, 15) is 0 Å². The van der Waals surface area contributed by atoms with Gasteiger partial charge in [-0.1, -0.05) is 65.9 Å². The minimum Gasteiger partial charge on any atom is -0.494 e. The van der Waals surface area contributed by atoms with Crippen LogP contribution >= 0.6 is 23.7 Å². The molecular formula is C23H19ClN2OS. The molecule has 0 aliphatic carbocycles. The summed E-state index contributed by atoms with van der Waals surface area (Å²) in [7, 11) is 0. The van der Waals surface area contributed by atoms with E-state index in [4.69, 9.17) is 9.72 Å². The van der Waals surface area contributed by atoms with Gasteiger partial charge >= 0.3 is 0 Å². The zero-order valence-electron chi connectivity index (χ0n) is 15.3. The minimum atomic E-state index is 0. The number of aromatic nitrogens is 2. The number of fused-ring (bicyclic) bond motifs is 3. The van der Waals surface area contributed by atoms with E-state index < -0.39 is 0 Å². The van der Waals surface area contributed by atoms with E-state index in [0.717, 1.165) is 27.5 Å². The van der Waals surface area contributed by atoms with Crippen molar-refractivity contribution in [3.8, 4) is 28.1 Å². The number of hydrogen-bond donors (Lipinski definition) is 0. The molecule has 0 aliphatic heterocycles. The van der Waals surface area contributed by atoms with Crippen molar-refractivity contribution < 1.29 is 4.74 Å². The number of thiazole rings is 1. The maximum atomic E-state index is 5.60. The van der Waals surface area contributed by atoms with E-state index in [-0.39, 0.29) is 12.4 Å². The Hall–Kier alpha value is -2.82. The van der Waals surface area contributed by atoms with Crippen LogP contribution in [0.5, 0.6) is 5.75 Å². The Bertz CT molecular complexity index is 1230. The number of halogens is 1. The summed E-state index contributed by atoms with van der Waals surface area (Å²) >= 11 is 1.69. The van der Waals surface area contributed by atoms with Crippen LogP contribution in [0.25, 0.3) is 37.6 Å². The van der Waals surface area contributed by atoms with Crippen LogP contribution < -0.4 is 4.74 Å². The summed E-state index contributed by atoms with van der Waals surface area (Å²) in [5, 5.41) is 0. The van der Waals surface area contributed by atoms with E-state index in [0.29, 0.717) is 6.61 Å². The third-order valence-electron chi connectivity index (χ3n) is 4.66. The van der Waals surface area contributed by atoms with Gasteiger partial charge in [-0.15, -0.1) is 12.4 Å². The van der Waals surface area contributed by atoms with Crippen molar-refractivity contribution in [2.24, 2.45) is 0 Å². The monoisotopic (exact) mass is 406 g/mol. The third-order valence-corrected chi connectivity index (χ3v) is 5.68. The highest BCUT2D eigenvalue weighted by molar-refractivity contribution is 7.23. The lowest BCUT2D eigenvalue weighted by Gasteiger charge is -2.03. The predicted octanol–water partition coefficient (Wildman–Crippen LogP) is 6.70. The van der Waals surface area contributed by atoms with Crippen LogP contribution in [0.2, 0.25) is 0 Å². The summed E-state index contributed by atoms with van der Waals surface area (Å²) in [6.45, 7) is 2.68. The molecule has 0 unspecified atom stereocenters. The summed E-state index contributed by atoms with van der Waals surface area (Å²) in [6, 6.07) is 25.2. The van der Waals surface area contributed by atoms with Gasteiger partial charge in [0, 0.05) is 11.8 Å². The molecule has 0 aliphatic rings. The highest BCUT2D eigenvalue weighted by atomic mass is 35.5. The normalized spacial score (nSPS) is 10.9. The number of imidazole rings is 1. The molecule has 5 rings (SSSR count). The first-order valence-corrected chi connectivity index (χ1v) is 9.84. The van der Waals surface area contributed by atoms with Gasteiger partial charge in [-0.25, -0.2) is 4.98 Å². The molecule has 0 spiro atoms. The quantitative estimate of drug-likeness (QED) is 0.332. The molecule has 28 heavy (non-hydrogen) atoms. The lowest BCUT2D eigenvalue weighted by Crippen LogP contribution is -1.90. The van der Waals surface area contributed by atoms with Crippen molar-refractivity contribution in [2.45, 2.75) is 6.92 Å². The fourth-order valence-electron chi connectivity index (χ4n) is 3.34. The van der Waals surface area contributed by atoms with Gasteiger partial charge in [-0.05, 0) is 36.2 Å². The second-order valence-electron chi connectivity index (χ2n) is 6.39. The summed E-state index contributed by atoms with van der Waals surface area (Å²) in [6.07, 6.45) is 2.12. The number of nitrogens with zero attached hydrogens (tertiary/aromatic N) is 2. The summed E-state index contributed by atoms with van der Waals surface area (Å²) in [5.74, 6) is 0.909. The Morgan fingerprint density at radius 3 is 2.36 bits per heavy atom. The third kappa shape index (κ3) is 3.26. The Morgan fingerprint density at radius 2 is 1.61 bits per heavy atom. The van der Waals surface area contributed by atoms with Crippen LogP contribution in [0.1, 0.15) is 6.92 Å². The largest absolute Gasteiger partial charge is 0.494 e. The molecule has 0 atom stereocenters. The van der Waals surface area contributed by atoms with E-state index in [2.05, 4.69) is 71.3 Å². The van der Waals surface area contributed by atoms with Gasteiger partial charge in [0.1, 0.15) is 5.75 Å². The van der Waals surface area contributed by atoms with E-state index in [1.165, 1.54) is 15.8 Å². The van der Waals surface area contributed by atoms with Crippen LogP contribution in [0.4, 0.5) is 0 Å². The first-order chi connectivity index (χ1) is 13.3. The molecule has 0 amide bonds. The number of hydrogen-bond acceptors (Lipinski definition) is 3. The van der Waals surface area contributed by atoms with E-state index >= 15 is 0 Å². The Morgan fingerprint density at radius 1 is 0.893 bits per heavy atom. The Labute approximate surface area is 173 Å². The summed E-state index contributed by atoms with van der Waals surface area (Å²) < 4.78 is 8.96. The molecule has 140 valence electrons. The fourth-order valence-corrected chi connectivity index (χ4v) is 4.38. The SMILES string of the molecule is CCOc1ccc2c(c1)sc1nc(-c3ccc(-c4ccccc4)cc3)cn12.Cl. The maximum absolute atomic E-state index is 5.60. The van der Waals surface area contributed by atoms with Crippen LogP contribution in [0, 0.1) is 0 Å². The van der Waals surface area contributed by atoms with Crippen molar-refractivity contribution in [3.05, 3.63) is 79.0 Å². The van der Waals surface area contributed by atoms with Gasteiger partial charge in [-0.2, -0.15) is 0 Å². The zero-order chi connectivity index (χ0) is 18.2. The average Bonchev–Trinajstić information content (AvgIpc) is 3.27. The lowest BCUT2D eigenvalue weighted by atomic mass is 10.0. The zero-order valence-corrected chi connectivity index (χ0v) is 17.0. The van der Waals surface area contributed by atoms with Gasteiger partial charge in [0.25, 0.3) is 0 Å². The molecule has 0 bridgehead atoms. The number of rotatable bonds is 4. The minimum absolute atomic E-state index is 0. The van der Waals surface area contributed by atoms with Crippen LogP contribution in [0.15, 0.2) is 79.0 Å². The Kier molecular flexibility index (Phi) is 5.07. The Balaban J connectivity index is 0.00000192. The average molecular weight is 407 g/mol. The number of ether oxygens (including phenoxy) is 1. The first-order valence-electron chi connectivity index (χ1n) is 9.02. The predicted molar refractivity (Wildman–Crippen MR) is 120 cm³/mol.